The van der Waals surface area contributed by atoms with Crippen molar-refractivity contribution in [2.75, 3.05) is 14.2 Å². The van der Waals surface area contributed by atoms with Crippen molar-refractivity contribution in [3.8, 4) is 5.88 Å². The largest absolute Gasteiger partial charge is 0.473 e. The van der Waals surface area contributed by atoms with E-state index in [0.29, 0.717) is 29.6 Å². The highest BCUT2D eigenvalue weighted by atomic mass is 35.5. The SMILES string of the molecule is CNCc1cc(OCc2cc(Cl)ccc2F)n(CC2(OC)CCCCC2)n1. The monoisotopic (exact) mass is 395 g/mol. The predicted molar refractivity (Wildman–Crippen MR) is 104 cm³/mol. The van der Waals surface area contributed by atoms with Gasteiger partial charge < -0.3 is 14.8 Å². The number of benzene rings is 1. The lowest BCUT2D eigenvalue weighted by Gasteiger charge is -2.36. The summed E-state index contributed by atoms with van der Waals surface area (Å²) in [5.41, 5.74) is 1.08. The number of nitrogens with zero attached hydrogens (tertiary/aromatic N) is 2. The van der Waals surface area contributed by atoms with Crippen molar-refractivity contribution in [3.05, 3.63) is 46.4 Å². The van der Waals surface area contributed by atoms with Crippen LogP contribution >= 0.6 is 11.6 Å². The molecule has 27 heavy (non-hydrogen) atoms. The molecule has 0 spiro atoms. The summed E-state index contributed by atoms with van der Waals surface area (Å²) in [6, 6.07) is 6.36. The molecule has 1 aliphatic rings. The summed E-state index contributed by atoms with van der Waals surface area (Å²) in [5.74, 6) is 0.281. The topological polar surface area (TPSA) is 48.3 Å². The second-order valence-corrected chi connectivity index (χ2v) is 7.57. The molecular formula is C20H27ClFN3O2. The lowest BCUT2D eigenvalue weighted by molar-refractivity contribution is -0.0555. The quantitative estimate of drug-likeness (QED) is 0.723. The molecule has 7 heteroatoms. The number of hydrogen-bond donors (Lipinski definition) is 1. The van der Waals surface area contributed by atoms with Crippen molar-refractivity contribution in [3.63, 3.8) is 0 Å². The number of ether oxygens (including phenoxy) is 2. The molecule has 1 aromatic heterocycles. The van der Waals surface area contributed by atoms with Gasteiger partial charge in [0, 0.05) is 30.3 Å². The van der Waals surface area contributed by atoms with E-state index in [0.717, 1.165) is 31.4 Å². The van der Waals surface area contributed by atoms with Gasteiger partial charge in [0.1, 0.15) is 12.4 Å². The molecule has 5 nitrogen and oxygen atoms in total. The first-order chi connectivity index (χ1) is 13.0. The Bertz CT molecular complexity index is 760. The number of hydrogen-bond acceptors (Lipinski definition) is 4. The van der Waals surface area contributed by atoms with Gasteiger partial charge in [0.25, 0.3) is 0 Å². The maximum atomic E-state index is 14.0. The zero-order valence-corrected chi connectivity index (χ0v) is 16.7. The summed E-state index contributed by atoms with van der Waals surface area (Å²) in [4.78, 5) is 0. The summed E-state index contributed by atoms with van der Waals surface area (Å²) in [5, 5.41) is 8.26. The van der Waals surface area contributed by atoms with Crippen molar-refractivity contribution in [1.29, 1.82) is 0 Å². The summed E-state index contributed by atoms with van der Waals surface area (Å²) >= 11 is 5.98. The maximum absolute atomic E-state index is 14.0. The maximum Gasteiger partial charge on any atom is 0.212 e. The standard InChI is InChI=1S/C20H27ClFN3O2/c1-23-12-17-11-19(27-13-15-10-16(21)6-7-18(15)22)25(24-17)14-20(26-2)8-4-3-5-9-20/h6-7,10-11,23H,3-5,8-9,12-14H2,1-2H3. The average molecular weight is 396 g/mol. The zero-order chi connectivity index (χ0) is 19.3. The van der Waals surface area contributed by atoms with Crippen LogP contribution in [0.5, 0.6) is 5.88 Å². The number of rotatable bonds is 8. The second kappa shape index (κ2) is 9.04. The molecule has 0 atom stereocenters. The van der Waals surface area contributed by atoms with Crippen LogP contribution in [0.1, 0.15) is 43.4 Å². The molecule has 1 aromatic carbocycles. The van der Waals surface area contributed by atoms with Crippen molar-refractivity contribution >= 4 is 11.6 Å². The van der Waals surface area contributed by atoms with E-state index >= 15 is 0 Å². The van der Waals surface area contributed by atoms with E-state index in [2.05, 4.69) is 10.4 Å². The number of methoxy groups -OCH3 is 1. The Morgan fingerprint density at radius 3 is 2.74 bits per heavy atom. The number of halogens is 2. The molecular weight excluding hydrogens is 369 g/mol. The van der Waals surface area contributed by atoms with Crippen LogP contribution in [0, 0.1) is 5.82 Å². The lowest BCUT2D eigenvalue weighted by Crippen LogP contribution is -2.39. The highest BCUT2D eigenvalue weighted by Gasteiger charge is 2.33. The van der Waals surface area contributed by atoms with E-state index in [4.69, 9.17) is 21.1 Å². The molecule has 0 unspecified atom stereocenters. The molecule has 1 fully saturated rings. The average Bonchev–Trinajstić information content (AvgIpc) is 3.04. The van der Waals surface area contributed by atoms with Gasteiger partial charge in [-0.15, -0.1) is 0 Å². The Morgan fingerprint density at radius 1 is 1.26 bits per heavy atom. The predicted octanol–water partition coefficient (Wildman–Crippen LogP) is 4.32. The first-order valence-electron chi connectivity index (χ1n) is 9.38. The van der Waals surface area contributed by atoms with Gasteiger partial charge >= 0.3 is 0 Å². The fraction of sp³-hybridized carbons (Fsp3) is 0.550. The van der Waals surface area contributed by atoms with Crippen LogP contribution in [-0.4, -0.2) is 29.5 Å². The van der Waals surface area contributed by atoms with E-state index in [1.165, 1.54) is 18.6 Å². The van der Waals surface area contributed by atoms with Gasteiger partial charge in [-0.05, 0) is 38.1 Å². The Labute approximate surface area is 164 Å². The summed E-state index contributed by atoms with van der Waals surface area (Å²) in [7, 11) is 3.64. The summed E-state index contributed by atoms with van der Waals surface area (Å²) in [6.45, 7) is 1.35. The van der Waals surface area contributed by atoms with Crippen LogP contribution in [0.25, 0.3) is 0 Å². The molecule has 1 saturated carbocycles. The van der Waals surface area contributed by atoms with Gasteiger partial charge in [-0.25, -0.2) is 9.07 Å². The first kappa shape index (κ1) is 20.1. The molecule has 1 N–H and O–H groups in total. The molecule has 0 saturated heterocycles. The third kappa shape index (κ3) is 5.00. The third-order valence-electron chi connectivity index (χ3n) is 5.17. The van der Waals surface area contributed by atoms with Crippen molar-refractivity contribution in [2.24, 2.45) is 0 Å². The summed E-state index contributed by atoms with van der Waals surface area (Å²) in [6.07, 6.45) is 5.57. The molecule has 1 heterocycles. The van der Waals surface area contributed by atoms with Crippen molar-refractivity contribution in [2.45, 2.75) is 57.4 Å². The molecule has 148 valence electrons. The van der Waals surface area contributed by atoms with Gasteiger partial charge in [0.05, 0.1) is 17.8 Å². The van der Waals surface area contributed by atoms with Gasteiger partial charge in [-0.2, -0.15) is 5.10 Å². The first-order valence-corrected chi connectivity index (χ1v) is 9.76. The summed E-state index contributed by atoms with van der Waals surface area (Å²) < 4.78 is 27.7. The van der Waals surface area contributed by atoms with Gasteiger partial charge in [0.15, 0.2) is 0 Å². The van der Waals surface area contributed by atoms with E-state index in [-0.39, 0.29) is 18.0 Å². The molecule has 0 aliphatic heterocycles. The molecule has 2 aromatic rings. The molecule has 1 aliphatic carbocycles. The second-order valence-electron chi connectivity index (χ2n) is 7.13. The Morgan fingerprint density at radius 2 is 2.04 bits per heavy atom. The fourth-order valence-electron chi connectivity index (χ4n) is 3.65. The molecule has 0 radical (unpaired) electrons. The van der Waals surface area contributed by atoms with Gasteiger partial charge in [0.2, 0.25) is 5.88 Å². The Kier molecular flexibility index (Phi) is 6.73. The van der Waals surface area contributed by atoms with Crippen LogP contribution in [0.4, 0.5) is 4.39 Å². The highest BCUT2D eigenvalue weighted by Crippen LogP contribution is 2.34. The smallest absolute Gasteiger partial charge is 0.212 e. The Balaban J connectivity index is 1.80. The van der Waals surface area contributed by atoms with E-state index in [1.807, 2.05) is 17.8 Å². The van der Waals surface area contributed by atoms with Crippen LogP contribution in [0.2, 0.25) is 5.02 Å². The van der Waals surface area contributed by atoms with Crippen LogP contribution in [-0.2, 0) is 24.4 Å². The zero-order valence-electron chi connectivity index (χ0n) is 15.9. The molecule has 3 rings (SSSR count). The highest BCUT2D eigenvalue weighted by molar-refractivity contribution is 6.30. The van der Waals surface area contributed by atoms with Gasteiger partial charge in [-0.1, -0.05) is 30.9 Å². The minimum absolute atomic E-state index is 0.0943. The van der Waals surface area contributed by atoms with Crippen LogP contribution in [0.15, 0.2) is 24.3 Å². The Hall–Kier alpha value is -1.63. The third-order valence-corrected chi connectivity index (χ3v) is 5.41. The molecule has 0 bridgehead atoms. The van der Waals surface area contributed by atoms with Gasteiger partial charge in [-0.3, -0.25) is 0 Å². The number of aromatic nitrogens is 2. The minimum Gasteiger partial charge on any atom is -0.473 e. The van der Waals surface area contributed by atoms with Crippen molar-refractivity contribution < 1.29 is 13.9 Å². The molecule has 0 amide bonds. The van der Waals surface area contributed by atoms with E-state index in [1.54, 1.807) is 13.2 Å². The normalized spacial score (nSPS) is 16.4. The minimum atomic E-state index is -0.332. The van der Waals surface area contributed by atoms with E-state index < -0.39 is 0 Å². The van der Waals surface area contributed by atoms with E-state index in [9.17, 15) is 4.39 Å². The fourth-order valence-corrected chi connectivity index (χ4v) is 3.84. The van der Waals surface area contributed by atoms with Crippen LogP contribution < -0.4 is 10.1 Å². The van der Waals surface area contributed by atoms with Crippen LogP contribution in [0.3, 0.4) is 0 Å². The lowest BCUT2D eigenvalue weighted by atomic mass is 9.84. The number of nitrogens with one attached hydrogen (secondary N) is 1. The van der Waals surface area contributed by atoms with Crippen molar-refractivity contribution in [1.82, 2.24) is 15.1 Å².